The minimum absolute atomic E-state index is 0.0353. The van der Waals surface area contributed by atoms with Crippen LogP contribution < -0.4 is 15.8 Å². The number of aliphatic imine (C=N–C) groups is 1. The minimum Gasteiger partial charge on any atom is -0.497 e. The Balaban J connectivity index is 1.56. The molecule has 0 aliphatic heterocycles. The van der Waals surface area contributed by atoms with Crippen LogP contribution in [-0.4, -0.2) is 18.7 Å². The predicted molar refractivity (Wildman–Crippen MR) is 160 cm³/mol. The van der Waals surface area contributed by atoms with E-state index in [1.54, 1.807) is 7.11 Å². The maximum atomic E-state index is 13.6. The Morgan fingerprint density at radius 1 is 1.05 bits per heavy atom. The van der Waals surface area contributed by atoms with Crippen LogP contribution in [0.4, 0.5) is 5.69 Å². The molecule has 2 aliphatic carbocycles. The van der Waals surface area contributed by atoms with Crippen LogP contribution in [0.1, 0.15) is 60.4 Å². The highest BCUT2D eigenvalue weighted by atomic mass is 35.5. The van der Waals surface area contributed by atoms with Gasteiger partial charge >= 0.3 is 0 Å². The summed E-state index contributed by atoms with van der Waals surface area (Å²) in [6, 6.07) is 21.9. The van der Waals surface area contributed by atoms with Crippen LogP contribution in [-0.2, 0) is 11.2 Å². The minimum atomic E-state index is -0.238. The second kappa shape index (κ2) is 11.9. The van der Waals surface area contributed by atoms with Gasteiger partial charge in [-0.05, 0) is 110 Å². The third-order valence-electron chi connectivity index (χ3n) is 7.57. The molecule has 2 aliphatic rings. The smallest absolute Gasteiger partial charge is 0.267 e. The summed E-state index contributed by atoms with van der Waals surface area (Å²) in [6.07, 6.45) is 7.41. The second-order valence-corrected chi connectivity index (χ2v) is 10.6. The summed E-state index contributed by atoms with van der Waals surface area (Å²) in [5, 5.41) is 3.87. The number of hydrogen-bond acceptors (Lipinski definition) is 4. The first-order valence-electron chi connectivity index (χ1n) is 13.5. The summed E-state index contributed by atoms with van der Waals surface area (Å²) in [5.41, 5.74) is 14.8. The number of amides is 1. The SMILES string of the molecule is COc1ccc(/C=C2\CCCC/C(=C(/N)C(=O)N[C@@H]3CCc4ccccc43)C2=Nc2ccc(Cl)cc2C)cc1. The summed E-state index contributed by atoms with van der Waals surface area (Å²) in [5.74, 6) is 0.566. The Hall–Kier alpha value is -3.83. The number of carbonyl (C=O) groups is 1. The lowest BCUT2D eigenvalue weighted by Crippen LogP contribution is -2.33. The first kappa shape index (κ1) is 26.8. The van der Waals surface area contributed by atoms with Crippen molar-refractivity contribution in [2.24, 2.45) is 10.7 Å². The molecular weight excluding hydrogens is 506 g/mol. The molecule has 1 amide bonds. The van der Waals surface area contributed by atoms with Crippen molar-refractivity contribution in [3.63, 3.8) is 0 Å². The van der Waals surface area contributed by atoms with E-state index in [1.165, 1.54) is 11.1 Å². The molecule has 0 bridgehead atoms. The van der Waals surface area contributed by atoms with Crippen LogP contribution in [0.25, 0.3) is 6.08 Å². The van der Waals surface area contributed by atoms with Gasteiger partial charge in [0.25, 0.3) is 5.91 Å². The van der Waals surface area contributed by atoms with Crippen LogP contribution in [0.3, 0.4) is 0 Å². The fourth-order valence-electron chi connectivity index (χ4n) is 5.44. The highest BCUT2D eigenvalue weighted by Gasteiger charge is 2.27. The van der Waals surface area contributed by atoms with Crippen molar-refractivity contribution in [2.45, 2.75) is 51.5 Å². The number of nitrogens with one attached hydrogen (secondary N) is 1. The standard InChI is InChI=1S/C33H34ClN3O2/c1-21-19-25(34)14-18-29(21)36-32-24(20-22-11-15-26(39-2)16-12-22)8-4-6-10-28(32)31(35)33(38)37-30-17-13-23-7-3-5-9-27(23)30/h3,5,7,9,11-12,14-16,18-20,30H,4,6,8,10,13,17,35H2,1-2H3,(H,37,38)/b24-20+,31-28-,36-32?/t30-/m1/s1. The molecule has 0 spiro atoms. The number of halogens is 1. The number of ether oxygens (including phenoxy) is 1. The topological polar surface area (TPSA) is 76.7 Å². The van der Waals surface area contributed by atoms with Crippen LogP contribution >= 0.6 is 11.6 Å². The summed E-state index contributed by atoms with van der Waals surface area (Å²) in [6.45, 7) is 1.99. The Bertz CT molecular complexity index is 1470. The molecule has 5 rings (SSSR count). The molecule has 39 heavy (non-hydrogen) atoms. The Morgan fingerprint density at radius 2 is 1.82 bits per heavy atom. The zero-order valence-corrected chi connectivity index (χ0v) is 23.2. The number of allylic oxidation sites excluding steroid dienone is 2. The quantitative estimate of drug-likeness (QED) is 0.262. The third kappa shape index (κ3) is 6.10. The molecule has 6 heteroatoms. The van der Waals surface area contributed by atoms with E-state index in [9.17, 15) is 4.79 Å². The van der Waals surface area contributed by atoms with Gasteiger partial charge in [-0.15, -0.1) is 0 Å². The number of hydrogen-bond donors (Lipinski definition) is 2. The van der Waals surface area contributed by atoms with E-state index in [0.717, 1.165) is 71.5 Å². The summed E-state index contributed by atoms with van der Waals surface area (Å²) >= 11 is 6.23. The molecule has 1 saturated carbocycles. The van der Waals surface area contributed by atoms with E-state index >= 15 is 0 Å². The molecule has 1 fully saturated rings. The normalized spacial score (nSPS) is 20.4. The average Bonchev–Trinajstić information content (AvgIpc) is 3.24. The van der Waals surface area contributed by atoms with E-state index in [0.29, 0.717) is 11.4 Å². The van der Waals surface area contributed by atoms with Gasteiger partial charge in [0.15, 0.2) is 0 Å². The number of methoxy groups -OCH3 is 1. The van der Waals surface area contributed by atoms with E-state index in [1.807, 2.05) is 61.5 Å². The molecular formula is C33H34ClN3O2. The van der Waals surface area contributed by atoms with Crippen molar-refractivity contribution in [3.8, 4) is 5.75 Å². The van der Waals surface area contributed by atoms with Gasteiger partial charge in [-0.25, -0.2) is 4.99 Å². The fraction of sp³-hybridized carbons (Fsp3) is 0.273. The third-order valence-corrected chi connectivity index (χ3v) is 7.80. The summed E-state index contributed by atoms with van der Waals surface area (Å²) in [7, 11) is 1.66. The Morgan fingerprint density at radius 3 is 2.59 bits per heavy atom. The summed E-state index contributed by atoms with van der Waals surface area (Å²) < 4.78 is 5.33. The van der Waals surface area contributed by atoms with E-state index in [-0.39, 0.29) is 17.6 Å². The van der Waals surface area contributed by atoms with E-state index < -0.39 is 0 Å². The van der Waals surface area contributed by atoms with Crippen molar-refractivity contribution in [3.05, 3.63) is 111 Å². The van der Waals surface area contributed by atoms with Gasteiger partial charge in [0.1, 0.15) is 11.4 Å². The number of nitrogens with zero attached hydrogens (tertiary/aromatic N) is 1. The number of aryl methyl sites for hydroxylation is 2. The van der Waals surface area contributed by atoms with Gasteiger partial charge in [-0.1, -0.05) is 48.0 Å². The van der Waals surface area contributed by atoms with Gasteiger partial charge in [-0.2, -0.15) is 0 Å². The zero-order valence-electron chi connectivity index (χ0n) is 22.5. The van der Waals surface area contributed by atoms with Crippen molar-refractivity contribution in [2.75, 3.05) is 7.11 Å². The first-order valence-corrected chi connectivity index (χ1v) is 13.9. The largest absolute Gasteiger partial charge is 0.497 e. The Labute approximate surface area is 235 Å². The van der Waals surface area contributed by atoms with Gasteiger partial charge in [-0.3, -0.25) is 4.79 Å². The number of carbonyl (C=O) groups excluding carboxylic acids is 1. The van der Waals surface area contributed by atoms with Crippen LogP contribution in [0.15, 0.2) is 88.6 Å². The maximum absolute atomic E-state index is 13.6. The summed E-state index contributed by atoms with van der Waals surface area (Å²) in [4.78, 5) is 18.7. The Kier molecular flexibility index (Phi) is 8.18. The van der Waals surface area contributed by atoms with Crippen LogP contribution in [0.5, 0.6) is 5.75 Å². The van der Waals surface area contributed by atoms with Crippen molar-refractivity contribution in [1.29, 1.82) is 0 Å². The zero-order chi connectivity index (χ0) is 27.4. The molecule has 5 nitrogen and oxygen atoms in total. The predicted octanol–water partition coefficient (Wildman–Crippen LogP) is 7.40. The molecule has 0 unspecified atom stereocenters. The molecule has 3 N–H and O–H groups in total. The maximum Gasteiger partial charge on any atom is 0.267 e. The van der Waals surface area contributed by atoms with Crippen LogP contribution in [0, 0.1) is 6.92 Å². The van der Waals surface area contributed by atoms with E-state index in [4.69, 9.17) is 27.1 Å². The molecule has 0 radical (unpaired) electrons. The fourth-order valence-corrected chi connectivity index (χ4v) is 5.66. The van der Waals surface area contributed by atoms with Crippen molar-refractivity contribution >= 4 is 35.0 Å². The van der Waals surface area contributed by atoms with Gasteiger partial charge < -0.3 is 15.8 Å². The average molecular weight is 540 g/mol. The lowest BCUT2D eigenvalue weighted by atomic mass is 9.96. The molecule has 3 aromatic rings. The monoisotopic (exact) mass is 539 g/mol. The number of rotatable bonds is 5. The highest BCUT2D eigenvalue weighted by molar-refractivity contribution is 6.30. The van der Waals surface area contributed by atoms with Gasteiger partial charge in [0, 0.05) is 10.6 Å². The van der Waals surface area contributed by atoms with Gasteiger partial charge in [0.05, 0.1) is 24.6 Å². The first-order chi connectivity index (χ1) is 18.9. The number of benzene rings is 3. The second-order valence-electron chi connectivity index (χ2n) is 10.2. The van der Waals surface area contributed by atoms with Crippen molar-refractivity contribution < 1.29 is 9.53 Å². The lowest BCUT2D eigenvalue weighted by molar-refractivity contribution is -0.118. The number of fused-ring (bicyclic) bond motifs is 1. The van der Waals surface area contributed by atoms with Crippen molar-refractivity contribution in [1.82, 2.24) is 5.32 Å². The number of nitrogens with two attached hydrogens (primary N) is 1. The molecule has 200 valence electrons. The molecule has 3 aromatic carbocycles. The lowest BCUT2D eigenvalue weighted by Gasteiger charge is -2.18. The molecule has 0 heterocycles. The van der Waals surface area contributed by atoms with Crippen LogP contribution in [0.2, 0.25) is 5.02 Å². The molecule has 0 aromatic heterocycles. The van der Waals surface area contributed by atoms with E-state index in [2.05, 4.69) is 23.5 Å². The highest BCUT2D eigenvalue weighted by Crippen LogP contribution is 2.34. The molecule has 0 saturated heterocycles. The van der Waals surface area contributed by atoms with Gasteiger partial charge in [0.2, 0.25) is 0 Å². The molecule has 1 atom stereocenters.